The van der Waals surface area contributed by atoms with Crippen molar-refractivity contribution >= 4 is 17.8 Å². The monoisotopic (exact) mass is 476 g/mol. The molecule has 0 radical (unpaired) electrons. The molecule has 2 N–H and O–H groups in total. The fourth-order valence-electron chi connectivity index (χ4n) is 5.45. The lowest BCUT2D eigenvalue weighted by Gasteiger charge is -2.38. The molecule has 2 aromatic rings. The number of aryl methyl sites for hydroxylation is 1. The summed E-state index contributed by atoms with van der Waals surface area (Å²) in [6.45, 7) is 6.00. The van der Waals surface area contributed by atoms with Gasteiger partial charge in [0.2, 0.25) is 0 Å². The number of nitrogens with one attached hydrogen (secondary N) is 2. The predicted octanol–water partition coefficient (Wildman–Crippen LogP) is 2.73. The first-order valence-electron chi connectivity index (χ1n) is 13.0. The van der Waals surface area contributed by atoms with Gasteiger partial charge in [0.05, 0.1) is 5.69 Å². The number of likely N-dealkylation sites (tertiary alicyclic amines) is 1. The predicted molar refractivity (Wildman–Crippen MR) is 139 cm³/mol. The second kappa shape index (κ2) is 10.3. The first-order chi connectivity index (χ1) is 17.1. The van der Waals surface area contributed by atoms with E-state index >= 15 is 0 Å². The molecule has 2 saturated heterocycles. The maximum atomic E-state index is 12.5. The van der Waals surface area contributed by atoms with Crippen molar-refractivity contribution in [3.8, 4) is 0 Å². The number of hydrogen-bond acceptors (Lipinski definition) is 6. The zero-order chi connectivity index (χ0) is 24.4. The molecule has 4 heterocycles. The van der Waals surface area contributed by atoms with Gasteiger partial charge in [-0.3, -0.25) is 19.5 Å². The van der Waals surface area contributed by atoms with Crippen molar-refractivity contribution in [2.75, 3.05) is 38.1 Å². The highest BCUT2D eigenvalue weighted by Gasteiger charge is 2.32. The largest absolute Gasteiger partial charge is 0.370 e. The molecule has 8 heteroatoms. The van der Waals surface area contributed by atoms with Crippen LogP contribution in [0.25, 0.3) is 0 Å². The minimum atomic E-state index is -0.0993. The van der Waals surface area contributed by atoms with Crippen molar-refractivity contribution in [1.82, 2.24) is 20.2 Å². The van der Waals surface area contributed by atoms with Gasteiger partial charge >= 0.3 is 0 Å². The Labute approximate surface area is 206 Å². The summed E-state index contributed by atoms with van der Waals surface area (Å²) in [6, 6.07) is 8.82. The molecular weight excluding hydrogens is 440 g/mol. The summed E-state index contributed by atoms with van der Waals surface area (Å²) >= 11 is 0. The number of pyridine rings is 2. The van der Waals surface area contributed by atoms with Gasteiger partial charge in [0.15, 0.2) is 0 Å². The summed E-state index contributed by atoms with van der Waals surface area (Å²) < 4.78 is 0. The van der Waals surface area contributed by atoms with E-state index in [9.17, 15) is 9.59 Å². The van der Waals surface area contributed by atoms with Crippen LogP contribution in [0.2, 0.25) is 0 Å². The summed E-state index contributed by atoms with van der Waals surface area (Å²) in [6.07, 6.45) is 7.90. The first-order valence-corrected chi connectivity index (χ1v) is 13.0. The number of aromatic nitrogens is 2. The van der Waals surface area contributed by atoms with Crippen LogP contribution in [-0.2, 0) is 6.42 Å². The summed E-state index contributed by atoms with van der Waals surface area (Å²) in [4.78, 5) is 41.6. The topological polar surface area (TPSA) is 93.7 Å². The minimum absolute atomic E-state index is 0.0628. The molecule has 186 valence electrons. The zero-order valence-corrected chi connectivity index (χ0v) is 20.8. The second-order valence-electron chi connectivity index (χ2n) is 10.1. The third-order valence-corrected chi connectivity index (χ3v) is 7.67. The Morgan fingerprint density at radius 3 is 2.63 bits per heavy atom. The van der Waals surface area contributed by atoms with Crippen LogP contribution in [0.4, 0.5) is 5.69 Å². The van der Waals surface area contributed by atoms with Gasteiger partial charge in [0, 0.05) is 62.2 Å². The lowest BCUT2D eigenvalue weighted by molar-refractivity contribution is 0.0946. The van der Waals surface area contributed by atoms with Crippen molar-refractivity contribution in [2.45, 2.75) is 63.5 Å². The summed E-state index contributed by atoms with van der Waals surface area (Å²) in [5.41, 5.74) is 4.26. The van der Waals surface area contributed by atoms with E-state index in [0.717, 1.165) is 87.3 Å². The van der Waals surface area contributed by atoms with E-state index in [1.807, 2.05) is 25.1 Å². The molecule has 0 aromatic carbocycles. The van der Waals surface area contributed by atoms with Gasteiger partial charge in [-0.1, -0.05) is 13.0 Å². The van der Waals surface area contributed by atoms with Gasteiger partial charge < -0.3 is 15.2 Å². The lowest BCUT2D eigenvalue weighted by Crippen LogP contribution is -2.44. The molecule has 35 heavy (non-hydrogen) atoms. The molecule has 1 saturated carbocycles. The molecule has 1 atom stereocenters. The fourth-order valence-corrected chi connectivity index (χ4v) is 5.45. The number of anilines is 1. The zero-order valence-electron chi connectivity index (χ0n) is 20.8. The number of H-pyrrole nitrogens is 1. The van der Waals surface area contributed by atoms with Crippen LogP contribution in [-0.4, -0.2) is 72.3 Å². The SMILES string of the molecule is CCc1ccc(C2CCN(C3CCN(c4ccc(C(=O)NC5CC5)nc4/C=N\C)CC3)C2)[nH]c1=O. The van der Waals surface area contributed by atoms with Crippen LogP contribution in [0.15, 0.2) is 34.1 Å². The van der Waals surface area contributed by atoms with E-state index in [2.05, 4.69) is 36.1 Å². The Morgan fingerprint density at radius 2 is 1.94 bits per heavy atom. The molecule has 1 unspecified atom stereocenters. The molecule has 0 spiro atoms. The van der Waals surface area contributed by atoms with Gasteiger partial charge in [-0.15, -0.1) is 0 Å². The molecule has 0 bridgehead atoms. The number of piperidine rings is 1. The highest BCUT2D eigenvalue weighted by atomic mass is 16.2. The molecule has 2 aromatic heterocycles. The Hall–Kier alpha value is -3.00. The van der Waals surface area contributed by atoms with Gasteiger partial charge in [0.25, 0.3) is 11.5 Å². The van der Waals surface area contributed by atoms with Gasteiger partial charge in [0.1, 0.15) is 11.4 Å². The van der Waals surface area contributed by atoms with Crippen LogP contribution >= 0.6 is 0 Å². The molecule has 5 rings (SSSR count). The average Bonchev–Trinajstić information content (AvgIpc) is 3.55. The van der Waals surface area contributed by atoms with E-state index in [0.29, 0.717) is 23.7 Å². The van der Waals surface area contributed by atoms with Crippen molar-refractivity contribution in [2.24, 2.45) is 4.99 Å². The van der Waals surface area contributed by atoms with Crippen molar-refractivity contribution in [3.05, 3.63) is 57.3 Å². The van der Waals surface area contributed by atoms with E-state index in [-0.39, 0.29) is 11.5 Å². The van der Waals surface area contributed by atoms with Crippen LogP contribution in [0.3, 0.4) is 0 Å². The van der Waals surface area contributed by atoms with Crippen molar-refractivity contribution < 1.29 is 4.79 Å². The highest BCUT2D eigenvalue weighted by Crippen LogP contribution is 2.31. The molecule has 3 aliphatic rings. The lowest BCUT2D eigenvalue weighted by atomic mass is 10.0. The third-order valence-electron chi connectivity index (χ3n) is 7.67. The number of nitrogens with zero attached hydrogens (tertiary/aromatic N) is 4. The van der Waals surface area contributed by atoms with Crippen LogP contribution < -0.4 is 15.8 Å². The quantitative estimate of drug-likeness (QED) is 0.600. The van der Waals surface area contributed by atoms with Gasteiger partial charge in [-0.05, 0) is 63.3 Å². The second-order valence-corrected chi connectivity index (χ2v) is 10.1. The van der Waals surface area contributed by atoms with Gasteiger partial charge in [-0.2, -0.15) is 0 Å². The number of amides is 1. The molecule has 1 amide bonds. The van der Waals surface area contributed by atoms with E-state index in [4.69, 9.17) is 0 Å². The molecule has 8 nitrogen and oxygen atoms in total. The van der Waals surface area contributed by atoms with Gasteiger partial charge in [-0.25, -0.2) is 4.98 Å². The number of aromatic amines is 1. The van der Waals surface area contributed by atoms with E-state index < -0.39 is 0 Å². The maximum absolute atomic E-state index is 12.5. The number of hydrogen-bond donors (Lipinski definition) is 2. The first kappa shape index (κ1) is 23.7. The summed E-state index contributed by atoms with van der Waals surface area (Å²) in [5, 5.41) is 3.01. The normalized spacial score (nSPS) is 21.7. The molecule has 1 aliphatic carbocycles. The summed E-state index contributed by atoms with van der Waals surface area (Å²) in [7, 11) is 1.74. The smallest absolute Gasteiger partial charge is 0.270 e. The number of aliphatic imine (C=N–C) groups is 1. The molecule has 2 aliphatic heterocycles. The number of carbonyl (C=O) groups excluding carboxylic acids is 1. The fraction of sp³-hybridized carbons (Fsp3) is 0.556. The van der Waals surface area contributed by atoms with Crippen LogP contribution in [0.5, 0.6) is 0 Å². The Bertz CT molecular complexity index is 1150. The molecule has 3 fully saturated rings. The van der Waals surface area contributed by atoms with Crippen molar-refractivity contribution in [3.63, 3.8) is 0 Å². The van der Waals surface area contributed by atoms with Crippen molar-refractivity contribution in [1.29, 1.82) is 0 Å². The summed E-state index contributed by atoms with van der Waals surface area (Å²) in [5.74, 6) is 0.301. The third kappa shape index (κ3) is 5.32. The Morgan fingerprint density at radius 1 is 1.14 bits per heavy atom. The minimum Gasteiger partial charge on any atom is -0.370 e. The van der Waals surface area contributed by atoms with Crippen LogP contribution in [0, 0.1) is 0 Å². The number of rotatable bonds is 7. The van der Waals surface area contributed by atoms with E-state index in [1.165, 1.54) is 0 Å². The van der Waals surface area contributed by atoms with Crippen LogP contribution in [0.1, 0.15) is 72.4 Å². The van der Waals surface area contributed by atoms with E-state index in [1.54, 1.807) is 13.3 Å². The average molecular weight is 477 g/mol. The maximum Gasteiger partial charge on any atom is 0.270 e. The molecular formula is C27H36N6O2. The Balaban J connectivity index is 1.20. The highest BCUT2D eigenvalue weighted by molar-refractivity contribution is 5.95. The Kier molecular flexibility index (Phi) is 7.00. The number of carbonyl (C=O) groups is 1. The standard InChI is InChI=1S/C27H36N6O2/c1-3-18-4-7-22(31-26(18)34)19-10-13-33(17-19)21-11-14-32(15-12-21)25-9-8-23(30-24(25)16-28-2)27(35)29-20-5-6-20/h4,7-9,16,19-21H,3,5-6,10-15,17H2,1-2H3,(H,29,35)(H,31,34)/b28-16-.